The number of fused-ring (bicyclic) bond motifs is 1. The summed E-state index contributed by atoms with van der Waals surface area (Å²) in [7, 11) is 1.53. The number of nitrogens with zero attached hydrogens (tertiary/aromatic N) is 2. The van der Waals surface area contributed by atoms with Crippen LogP contribution in [-0.4, -0.2) is 40.2 Å². The largest absolute Gasteiger partial charge is 0.485 e. The van der Waals surface area contributed by atoms with Crippen molar-refractivity contribution < 1.29 is 23.8 Å². The van der Waals surface area contributed by atoms with Crippen molar-refractivity contribution in [3.05, 3.63) is 76.7 Å². The van der Waals surface area contributed by atoms with E-state index in [1.807, 2.05) is 19.1 Å². The first-order valence-corrected chi connectivity index (χ1v) is 15.2. The number of halogens is 1. The maximum Gasteiger partial charge on any atom is 0.306 e. The molecule has 1 fully saturated rings. The number of aryl methyl sites for hydroxylation is 1. The molecule has 0 bridgehead atoms. The lowest BCUT2D eigenvalue weighted by Gasteiger charge is -2.32. The van der Waals surface area contributed by atoms with Crippen molar-refractivity contribution in [2.75, 3.05) is 7.11 Å². The first kappa shape index (κ1) is 30.0. The normalized spacial score (nSPS) is 18.1. The molecule has 2 aliphatic rings. The second-order valence-corrected chi connectivity index (χ2v) is 12.5. The molecule has 1 unspecified atom stereocenters. The van der Waals surface area contributed by atoms with Crippen molar-refractivity contribution in [3.8, 4) is 22.8 Å². The quantitative estimate of drug-likeness (QED) is 0.252. The highest BCUT2D eigenvalue weighted by atomic mass is 19.1. The molecule has 1 N–H and O–H groups in total. The number of pyridine rings is 1. The second-order valence-electron chi connectivity index (χ2n) is 12.5. The second kappa shape index (κ2) is 12.4. The van der Waals surface area contributed by atoms with Crippen molar-refractivity contribution in [2.45, 2.75) is 91.0 Å². The number of carbonyl (C=O) groups is 1. The average Bonchev–Trinajstić information content (AvgIpc) is 3.80. The average molecular weight is 575 g/mol. The van der Waals surface area contributed by atoms with E-state index in [4.69, 9.17) is 9.47 Å². The molecule has 1 aliphatic heterocycles. The number of aliphatic carboxylic acids is 1. The van der Waals surface area contributed by atoms with Crippen LogP contribution in [0, 0.1) is 17.7 Å². The van der Waals surface area contributed by atoms with Crippen LogP contribution in [0.3, 0.4) is 0 Å². The molecule has 3 atom stereocenters. The van der Waals surface area contributed by atoms with E-state index in [2.05, 4.69) is 61.8 Å². The summed E-state index contributed by atoms with van der Waals surface area (Å²) in [6, 6.07) is 14.8. The van der Waals surface area contributed by atoms with Crippen molar-refractivity contribution in [1.29, 1.82) is 0 Å². The molecule has 2 heterocycles. The minimum atomic E-state index is -0.754. The molecule has 0 saturated heterocycles. The van der Waals surface area contributed by atoms with E-state index in [0.717, 1.165) is 59.3 Å². The molecular weight excluding hydrogens is 531 g/mol. The number of aromatic nitrogens is 1. The van der Waals surface area contributed by atoms with Gasteiger partial charge >= 0.3 is 5.97 Å². The van der Waals surface area contributed by atoms with Crippen molar-refractivity contribution in [2.24, 2.45) is 11.8 Å². The molecule has 0 amide bonds. The molecule has 224 valence electrons. The fourth-order valence-electron chi connectivity index (χ4n) is 6.51. The maximum absolute atomic E-state index is 15.1. The third kappa shape index (κ3) is 6.31. The highest BCUT2D eigenvalue weighted by molar-refractivity contribution is 5.71. The number of benzene rings is 2. The predicted octanol–water partition coefficient (Wildman–Crippen LogP) is 7.80. The molecular formula is C35H43FN2O4. The van der Waals surface area contributed by atoms with Crippen molar-refractivity contribution in [3.63, 3.8) is 0 Å². The Labute approximate surface area is 248 Å². The summed E-state index contributed by atoms with van der Waals surface area (Å²) < 4.78 is 27.1. The zero-order chi connectivity index (χ0) is 30.1. The Morgan fingerprint density at radius 2 is 1.79 bits per heavy atom. The summed E-state index contributed by atoms with van der Waals surface area (Å²) in [5.74, 6) is 0.0396. The van der Waals surface area contributed by atoms with Gasteiger partial charge in [-0.05, 0) is 99.1 Å². The highest BCUT2D eigenvalue weighted by Gasteiger charge is 2.39. The minimum absolute atomic E-state index is 0.00652. The Hall–Kier alpha value is -3.45. The third-order valence-electron chi connectivity index (χ3n) is 8.99. The Morgan fingerprint density at radius 3 is 2.43 bits per heavy atom. The first-order valence-electron chi connectivity index (χ1n) is 15.2. The number of ether oxygens (including phenoxy) is 2. The molecule has 1 saturated carbocycles. The smallest absolute Gasteiger partial charge is 0.306 e. The Bertz CT molecular complexity index is 1430. The van der Waals surface area contributed by atoms with Gasteiger partial charge in [0.25, 0.3) is 0 Å². The van der Waals surface area contributed by atoms with Gasteiger partial charge in [0.15, 0.2) is 0 Å². The molecule has 0 spiro atoms. The number of carboxylic acids is 1. The molecule has 42 heavy (non-hydrogen) atoms. The zero-order valence-electron chi connectivity index (χ0n) is 25.6. The molecule has 5 rings (SSSR count). The van der Waals surface area contributed by atoms with E-state index >= 15 is 4.39 Å². The van der Waals surface area contributed by atoms with Crippen LogP contribution in [-0.2, 0) is 17.8 Å². The van der Waals surface area contributed by atoms with Crippen LogP contribution < -0.4 is 9.47 Å². The zero-order valence-corrected chi connectivity index (χ0v) is 25.6. The summed E-state index contributed by atoms with van der Waals surface area (Å²) in [5.41, 5.74) is 5.56. The lowest BCUT2D eigenvalue weighted by molar-refractivity contribution is -0.142. The van der Waals surface area contributed by atoms with E-state index in [1.165, 1.54) is 13.3 Å². The Balaban J connectivity index is 1.50. The van der Waals surface area contributed by atoms with Gasteiger partial charge in [0.1, 0.15) is 17.7 Å². The van der Waals surface area contributed by atoms with E-state index in [0.29, 0.717) is 36.0 Å². The molecule has 1 aliphatic carbocycles. The number of rotatable bonds is 11. The molecule has 1 aromatic heterocycles. The van der Waals surface area contributed by atoms with E-state index in [1.54, 1.807) is 6.07 Å². The molecule has 7 heteroatoms. The monoisotopic (exact) mass is 574 g/mol. The summed E-state index contributed by atoms with van der Waals surface area (Å²) in [5, 5.41) is 9.76. The number of carboxylic acid groups (broad SMARTS) is 1. The van der Waals surface area contributed by atoms with Gasteiger partial charge in [0.05, 0.1) is 19.2 Å². The van der Waals surface area contributed by atoms with Gasteiger partial charge in [-0.1, -0.05) is 37.3 Å². The van der Waals surface area contributed by atoms with Crippen molar-refractivity contribution >= 4 is 5.97 Å². The highest BCUT2D eigenvalue weighted by Crippen LogP contribution is 2.48. The lowest BCUT2D eigenvalue weighted by atomic mass is 9.82. The van der Waals surface area contributed by atoms with Crippen LogP contribution in [0.25, 0.3) is 11.1 Å². The van der Waals surface area contributed by atoms with Gasteiger partial charge in [-0.2, -0.15) is 0 Å². The van der Waals surface area contributed by atoms with Crippen molar-refractivity contribution in [1.82, 2.24) is 9.88 Å². The van der Waals surface area contributed by atoms with Crippen LogP contribution in [0.1, 0.15) is 88.2 Å². The fourth-order valence-corrected chi connectivity index (χ4v) is 6.51. The van der Waals surface area contributed by atoms with Gasteiger partial charge in [-0.25, -0.2) is 9.37 Å². The van der Waals surface area contributed by atoms with Gasteiger partial charge < -0.3 is 14.6 Å². The number of hydrogen-bond acceptors (Lipinski definition) is 5. The standard InChI is InChI=1S/C35H43FN2O4/c1-20(2)38(21(3)4)19-27-15-25(11-13-28(27)29-17-33(41-6)37-18-30(29)36)31-14-12-23-7-10-26(16-32(23)42-31)34(24-8-9-24)22(5)35(39)40/h7,10-11,13,15-18,20-22,24,31,34H,8-9,12,14,19H2,1-6H3,(H,39,40)/t22-,31+,34?/m0/s1. The van der Waals surface area contributed by atoms with E-state index in [-0.39, 0.29) is 17.8 Å². The van der Waals surface area contributed by atoms with E-state index in [9.17, 15) is 9.90 Å². The van der Waals surface area contributed by atoms with Crippen LogP contribution in [0.4, 0.5) is 4.39 Å². The maximum atomic E-state index is 15.1. The summed E-state index contributed by atoms with van der Waals surface area (Å²) in [6.45, 7) is 11.2. The summed E-state index contributed by atoms with van der Waals surface area (Å²) in [4.78, 5) is 18.3. The Kier molecular flexibility index (Phi) is 8.88. The summed E-state index contributed by atoms with van der Waals surface area (Å²) in [6.07, 6.45) is 4.92. The van der Waals surface area contributed by atoms with E-state index < -0.39 is 11.9 Å². The minimum Gasteiger partial charge on any atom is -0.485 e. The SMILES string of the molecule is COc1cc(-c2ccc([C@H]3CCc4ccc(C(C5CC5)[C@H](C)C(=O)O)cc4O3)cc2CN(C(C)C)C(C)C)c(F)cn1. The number of methoxy groups -OCH3 is 1. The van der Waals surface area contributed by atoms with Crippen LogP contribution in [0.5, 0.6) is 11.6 Å². The van der Waals surface area contributed by atoms with Crippen LogP contribution in [0.15, 0.2) is 48.7 Å². The molecule has 6 nitrogen and oxygen atoms in total. The third-order valence-corrected chi connectivity index (χ3v) is 8.99. The lowest BCUT2D eigenvalue weighted by Crippen LogP contribution is -2.36. The first-order chi connectivity index (χ1) is 20.1. The number of hydrogen-bond donors (Lipinski definition) is 1. The van der Waals surface area contributed by atoms with Crippen LogP contribution >= 0.6 is 0 Å². The Morgan fingerprint density at radius 1 is 1.05 bits per heavy atom. The molecule has 2 aromatic carbocycles. The molecule has 3 aromatic rings. The predicted molar refractivity (Wildman–Crippen MR) is 162 cm³/mol. The van der Waals surface area contributed by atoms with Gasteiger partial charge in [-0.3, -0.25) is 9.69 Å². The van der Waals surface area contributed by atoms with Crippen LogP contribution in [0.2, 0.25) is 0 Å². The topological polar surface area (TPSA) is 71.9 Å². The van der Waals surface area contributed by atoms with Gasteiger partial charge in [-0.15, -0.1) is 0 Å². The summed E-state index contributed by atoms with van der Waals surface area (Å²) >= 11 is 0. The van der Waals surface area contributed by atoms with Gasteiger partial charge in [0, 0.05) is 30.3 Å². The fraction of sp³-hybridized carbons (Fsp3) is 0.486. The molecule has 0 radical (unpaired) electrons. The van der Waals surface area contributed by atoms with Gasteiger partial charge in [0.2, 0.25) is 5.88 Å².